The first kappa shape index (κ1) is 12.3. The van der Waals surface area contributed by atoms with Crippen LogP contribution < -0.4 is 0 Å². The zero-order valence-corrected chi connectivity index (χ0v) is 11.5. The van der Waals surface area contributed by atoms with Crippen molar-refractivity contribution in [3.63, 3.8) is 0 Å². The Morgan fingerprint density at radius 2 is 1.79 bits per heavy atom. The largest absolute Gasteiger partial charge is 0.459 e. The molecule has 1 aromatic heterocycles. The van der Waals surface area contributed by atoms with E-state index >= 15 is 0 Å². The second kappa shape index (κ2) is 5.10. The summed E-state index contributed by atoms with van der Waals surface area (Å²) in [6.45, 7) is 2.08. The average molecular weight is 271 g/mol. The number of fused-ring (bicyclic) bond motifs is 1. The lowest BCUT2D eigenvalue weighted by atomic mass is 10.1. The molecule has 1 heterocycles. The van der Waals surface area contributed by atoms with Gasteiger partial charge in [0.2, 0.25) is 0 Å². The van der Waals surface area contributed by atoms with Crippen LogP contribution >= 0.6 is 11.6 Å². The SMILES string of the molecule is Cc1ccc(CC(Cl)c2cc3ccccc3o2)cc1. The summed E-state index contributed by atoms with van der Waals surface area (Å²) in [5, 5.41) is 0.974. The summed E-state index contributed by atoms with van der Waals surface area (Å²) < 4.78 is 5.79. The second-order valence-corrected chi connectivity index (χ2v) is 5.37. The summed E-state index contributed by atoms with van der Waals surface area (Å²) in [7, 11) is 0. The van der Waals surface area contributed by atoms with Gasteiger partial charge in [-0.2, -0.15) is 0 Å². The first-order chi connectivity index (χ1) is 9.22. The Morgan fingerprint density at radius 1 is 1.05 bits per heavy atom. The first-order valence-electron chi connectivity index (χ1n) is 6.40. The molecular formula is C17H15ClO. The summed E-state index contributed by atoms with van der Waals surface area (Å²) >= 11 is 6.46. The van der Waals surface area contributed by atoms with E-state index in [0.29, 0.717) is 0 Å². The highest BCUT2D eigenvalue weighted by atomic mass is 35.5. The van der Waals surface area contributed by atoms with Gasteiger partial charge in [0, 0.05) is 5.39 Å². The predicted molar refractivity (Wildman–Crippen MR) is 79.7 cm³/mol. The number of aryl methyl sites for hydroxylation is 1. The third-order valence-corrected chi connectivity index (χ3v) is 3.66. The number of hydrogen-bond acceptors (Lipinski definition) is 1. The fourth-order valence-corrected chi connectivity index (χ4v) is 2.47. The first-order valence-corrected chi connectivity index (χ1v) is 6.84. The van der Waals surface area contributed by atoms with Crippen LogP contribution in [0.25, 0.3) is 11.0 Å². The van der Waals surface area contributed by atoms with Gasteiger partial charge in [-0.1, -0.05) is 48.0 Å². The number of furan rings is 1. The third-order valence-electron chi connectivity index (χ3n) is 3.29. The molecule has 0 bridgehead atoms. The van der Waals surface area contributed by atoms with Crippen LogP contribution in [0.3, 0.4) is 0 Å². The predicted octanol–water partition coefficient (Wildman–Crippen LogP) is 5.26. The van der Waals surface area contributed by atoms with E-state index in [1.165, 1.54) is 11.1 Å². The summed E-state index contributed by atoms with van der Waals surface area (Å²) in [6, 6.07) is 18.5. The Bertz CT molecular complexity index is 649. The van der Waals surface area contributed by atoms with Crippen molar-refractivity contribution in [3.05, 3.63) is 71.5 Å². The lowest BCUT2D eigenvalue weighted by Gasteiger charge is -2.06. The summed E-state index contributed by atoms with van der Waals surface area (Å²) in [6.07, 6.45) is 0.779. The maximum Gasteiger partial charge on any atom is 0.134 e. The molecule has 0 aliphatic rings. The number of alkyl halides is 1. The van der Waals surface area contributed by atoms with Crippen LogP contribution in [0.5, 0.6) is 0 Å². The molecule has 0 aliphatic heterocycles. The van der Waals surface area contributed by atoms with E-state index in [9.17, 15) is 0 Å². The van der Waals surface area contributed by atoms with Crippen molar-refractivity contribution in [2.45, 2.75) is 18.7 Å². The van der Waals surface area contributed by atoms with E-state index in [1.807, 2.05) is 30.3 Å². The molecule has 0 saturated carbocycles. The van der Waals surface area contributed by atoms with E-state index in [0.717, 1.165) is 23.2 Å². The molecule has 0 N–H and O–H groups in total. The van der Waals surface area contributed by atoms with Gasteiger partial charge in [-0.15, -0.1) is 11.6 Å². The van der Waals surface area contributed by atoms with Crippen LogP contribution in [0.1, 0.15) is 22.3 Å². The molecule has 0 saturated heterocycles. The van der Waals surface area contributed by atoms with Gasteiger partial charge in [0.15, 0.2) is 0 Å². The molecule has 0 spiro atoms. The molecule has 19 heavy (non-hydrogen) atoms. The van der Waals surface area contributed by atoms with Crippen molar-refractivity contribution in [1.82, 2.24) is 0 Å². The fourth-order valence-electron chi connectivity index (χ4n) is 2.19. The normalized spacial score (nSPS) is 12.7. The molecule has 2 heteroatoms. The van der Waals surface area contributed by atoms with Gasteiger partial charge in [-0.3, -0.25) is 0 Å². The lowest BCUT2D eigenvalue weighted by molar-refractivity contribution is 0.540. The topological polar surface area (TPSA) is 13.1 Å². The standard InChI is InChI=1S/C17H15ClO/c1-12-6-8-13(9-7-12)10-15(18)17-11-14-4-2-3-5-16(14)19-17/h2-9,11,15H,10H2,1H3. The molecule has 0 radical (unpaired) electrons. The van der Waals surface area contributed by atoms with E-state index in [-0.39, 0.29) is 5.38 Å². The highest BCUT2D eigenvalue weighted by molar-refractivity contribution is 6.20. The lowest BCUT2D eigenvalue weighted by Crippen LogP contribution is -1.94. The van der Waals surface area contributed by atoms with E-state index < -0.39 is 0 Å². The van der Waals surface area contributed by atoms with Gasteiger partial charge in [0.25, 0.3) is 0 Å². The van der Waals surface area contributed by atoms with Crippen molar-refractivity contribution < 1.29 is 4.42 Å². The maximum atomic E-state index is 6.46. The summed E-state index contributed by atoms with van der Waals surface area (Å²) in [5.41, 5.74) is 3.39. The molecule has 0 amide bonds. The molecule has 3 rings (SSSR count). The maximum absolute atomic E-state index is 6.46. The van der Waals surface area contributed by atoms with Gasteiger partial charge in [0.05, 0.1) is 5.38 Å². The van der Waals surface area contributed by atoms with Gasteiger partial charge in [-0.05, 0) is 31.0 Å². The molecular weight excluding hydrogens is 256 g/mol. The molecule has 1 atom stereocenters. The molecule has 96 valence electrons. The van der Waals surface area contributed by atoms with Gasteiger partial charge in [-0.25, -0.2) is 0 Å². The fraction of sp³-hybridized carbons (Fsp3) is 0.176. The van der Waals surface area contributed by atoms with Crippen LogP contribution in [0.4, 0.5) is 0 Å². The minimum Gasteiger partial charge on any atom is -0.459 e. The number of benzene rings is 2. The monoisotopic (exact) mass is 270 g/mol. The van der Waals surface area contributed by atoms with Crippen LogP contribution in [-0.4, -0.2) is 0 Å². The van der Waals surface area contributed by atoms with E-state index in [1.54, 1.807) is 0 Å². The molecule has 2 aromatic carbocycles. The van der Waals surface area contributed by atoms with Crippen LogP contribution in [0.2, 0.25) is 0 Å². The number of para-hydroxylation sites is 1. The van der Waals surface area contributed by atoms with Gasteiger partial charge < -0.3 is 4.42 Å². The Labute approximate surface area is 117 Å². The molecule has 3 aromatic rings. The zero-order chi connectivity index (χ0) is 13.2. The Balaban J connectivity index is 1.83. The van der Waals surface area contributed by atoms with Crippen molar-refractivity contribution in [2.75, 3.05) is 0 Å². The van der Waals surface area contributed by atoms with Gasteiger partial charge in [0.1, 0.15) is 11.3 Å². The summed E-state index contributed by atoms with van der Waals surface area (Å²) in [4.78, 5) is 0. The molecule has 1 nitrogen and oxygen atoms in total. The minimum atomic E-state index is -0.130. The van der Waals surface area contributed by atoms with E-state index in [4.69, 9.17) is 16.0 Å². The van der Waals surface area contributed by atoms with Crippen molar-refractivity contribution in [3.8, 4) is 0 Å². The molecule has 0 fully saturated rings. The average Bonchev–Trinajstić information content (AvgIpc) is 2.85. The van der Waals surface area contributed by atoms with Crippen LogP contribution in [-0.2, 0) is 6.42 Å². The highest BCUT2D eigenvalue weighted by Crippen LogP contribution is 2.30. The van der Waals surface area contributed by atoms with E-state index in [2.05, 4.69) is 31.2 Å². The summed E-state index contributed by atoms with van der Waals surface area (Å²) in [5.74, 6) is 0.837. The smallest absolute Gasteiger partial charge is 0.134 e. The Morgan fingerprint density at radius 3 is 2.53 bits per heavy atom. The number of rotatable bonds is 3. The van der Waals surface area contributed by atoms with Crippen molar-refractivity contribution in [1.29, 1.82) is 0 Å². The minimum absolute atomic E-state index is 0.130. The molecule has 0 aliphatic carbocycles. The van der Waals surface area contributed by atoms with Crippen molar-refractivity contribution >= 4 is 22.6 Å². The van der Waals surface area contributed by atoms with Crippen LogP contribution in [0.15, 0.2) is 59.0 Å². The highest BCUT2D eigenvalue weighted by Gasteiger charge is 2.14. The zero-order valence-electron chi connectivity index (χ0n) is 10.8. The van der Waals surface area contributed by atoms with Crippen molar-refractivity contribution in [2.24, 2.45) is 0 Å². The Kier molecular flexibility index (Phi) is 3.31. The second-order valence-electron chi connectivity index (χ2n) is 4.84. The number of halogens is 1. The number of hydrogen-bond donors (Lipinski definition) is 0. The third kappa shape index (κ3) is 2.66. The van der Waals surface area contributed by atoms with Gasteiger partial charge >= 0.3 is 0 Å². The van der Waals surface area contributed by atoms with Crippen LogP contribution in [0, 0.1) is 6.92 Å². The quantitative estimate of drug-likeness (QED) is 0.592. The molecule has 1 unspecified atom stereocenters. The Hall–Kier alpha value is -1.73.